The molecule has 4 nitrogen and oxygen atoms in total. The van der Waals surface area contributed by atoms with Crippen LogP contribution in [0, 0.1) is 6.92 Å². The predicted octanol–water partition coefficient (Wildman–Crippen LogP) is 4.81. The number of aryl methyl sites for hydroxylation is 1. The minimum atomic E-state index is -0.402. The number of ether oxygens (including phenoxy) is 2. The van der Waals surface area contributed by atoms with Crippen LogP contribution in [-0.4, -0.2) is 24.2 Å². The Balaban J connectivity index is 1.99. The van der Waals surface area contributed by atoms with Gasteiger partial charge in [-0.1, -0.05) is 35.9 Å². The molecule has 0 spiro atoms. The maximum atomic E-state index is 11.4. The van der Waals surface area contributed by atoms with Crippen molar-refractivity contribution in [3.63, 3.8) is 0 Å². The first kappa shape index (κ1) is 17.2. The van der Waals surface area contributed by atoms with Crippen LogP contribution in [0.3, 0.4) is 0 Å². The normalized spacial score (nSPS) is 10.7. The second kappa shape index (κ2) is 7.53. The highest BCUT2D eigenvalue weighted by Gasteiger charge is 2.11. The number of rotatable bonds is 5. The monoisotopic (exact) mass is 355 g/mol. The first-order valence-electron chi connectivity index (χ1n) is 8.03. The van der Waals surface area contributed by atoms with Crippen molar-refractivity contribution in [3.05, 3.63) is 59.4 Å². The average Bonchev–Trinajstić information content (AvgIpc) is 2.62. The van der Waals surface area contributed by atoms with E-state index >= 15 is 0 Å². The summed E-state index contributed by atoms with van der Waals surface area (Å²) >= 11 is 6.28. The third-order valence-electron chi connectivity index (χ3n) is 3.91. The standard InChI is InChI=1S/C20H18ClNO3/c1-3-24-19(23)12-25-14-8-9-16-17(10-14)20(21)22-11-18(16)15-7-5-4-6-13(15)2/h4-11H,3,12H2,1-2H3. The largest absolute Gasteiger partial charge is 0.482 e. The van der Waals surface area contributed by atoms with Gasteiger partial charge < -0.3 is 9.47 Å². The number of pyridine rings is 1. The summed E-state index contributed by atoms with van der Waals surface area (Å²) in [5, 5.41) is 2.16. The lowest BCUT2D eigenvalue weighted by atomic mass is 9.97. The summed E-state index contributed by atoms with van der Waals surface area (Å²) in [7, 11) is 0. The van der Waals surface area contributed by atoms with Gasteiger partial charge in [0.25, 0.3) is 0 Å². The van der Waals surface area contributed by atoms with Crippen LogP contribution in [-0.2, 0) is 9.53 Å². The van der Waals surface area contributed by atoms with Crippen LogP contribution in [0.1, 0.15) is 12.5 Å². The Morgan fingerprint density at radius 2 is 1.92 bits per heavy atom. The Morgan fingerprint density at radius 1 is 1.12 bits per heavy atom. The molecule has 5 heteroatoms. The van der Waals surface area contributed by atoms with Crippen molar-refractivity contribution >= 4 is 28.3 Å². The van der Waals surface area contributed by atoms with Gasteiger partial charge in [0.2, 0.25) is 0 Å². The van der Waals surface area contributed by atoms with Crippen LogP contribution in [0.4, 0.5) is 0 Å². The molecule has 0 aliphatic carbocycles. The minimum Gasteiger partial charge on any atom is -0.482 e. The molecule has 2 aromatic carbocycles. The van der Waals surface area contributed by atoms with Gasteiger partial charge in [-0.25, -0.2) is 9.78 Å². The number of benzene rings is 2. The van der Waals surface area contributed by atoms with E-state index < -0.39 is 5.97 Å². The van der Waals surface area contributed by atoms with Crippen molar-refractivity contribution in [2.45, 2.75) is 13.8 Å². The summed E-state index contributed by atoms with van der Waals surface area (Å²) in [5.41, 5.74) is 3.28. The first-order chi connectivity index (χ1) is 12.1. The lowest BCUT2D eigenvalue weighted by molar-refractivity contribution is -0.145. The van der Waals surface area contributed by atoms with Crippen LogP contribution in [0.25, 0.3) is 21.9 Å². The summed E-state index contributed by atoms with van der Waals surface area (Å²) in [4.78, 5) is 15.7. The third-order valence-corrected chi connectivity index (χ3v) is 4.21. The van der Waals surface area contributed by atoms with Gasteiger partial charge in [-0.05, 0) is 48.6 Å². The number of aromatic nitrogens is 1. The molecule has 1 heterocycles. The Labute approximate surface area is 151 Å². The van der Waals surface area contributed by atoms with E-state index in [0.717, 1.165) is 27.5 Å². The number of fused-ring (bicyclic) bond motifs is 1. The molecule has 0 aliphatic heterocycles. The number of esters is 1. The van der Waals surface area contributed by atoms with Gasteiger partial charge in [0, 0.05) is 17.1 Å². The fourth-order valence-corrected chi connectivity index (χ4v) is 2.92. The van der Waals surface area contributed by atoms with Crippen molar-refractivity contribution in [2.24, 2.45) is 0 Å². The smallest absolute Gasteiger partial charge is 0.344 e. The third kappa shape index (κ3) is 3.74. The van der Waals surface area contributed by atoms with E-state index in [2.05, 4.69) is 24.0 Å². The van der Waals surface area contributed by atoms with Crippen LogP contribution < -0.4 is 4.74 Å². The Kier molecular flexibility index (Phi) is 5.19. The summed E-state index contributed by atoms with van der Waals surface area (Å²) < 4.78 is 10.4. The van der Waals surface area contributed by atoms with E-state index in [0.29, 0.717) is 17.5 Å². The highest BCUT2D eigenvalue weighted by molar-refractivity contribution is 6.34. The van der Waals surface area contributed by atoms with E-state index in [1.54, 1.807) is 19.2 Å². The number of nitrogens with zero attached hydrogens (tertiary/aromatic N) is 1. The SMILES string of the molecule is CCOC(=O)COc1ccc2c(-c3ccccc3C)cnc(Cl)c2c1. The highest BCUT2D eigenvalue weighted by Crippen LogP contribution is 2.34. The summed E-state index contributed by atoms with van der Waals surface area (Å²) in [6.07, 6.45) is 1.78. The van der Waals surface area contributed by atoms with Crippen LogP contribution in [0.2, 0.25) is 5.15 Å². The van der Waals surface area contributed by atoms with Gasteiger partial charge in [0.15, 0.2) is 6.61 Å². The van der Waals surface area contributed by atoms with Gasteiger partial charge >= 0.3 is 5.97 Å². The number of hydrogen-bond acceptors (Lipinski definition) is 4. The molecule has 0 fully saturated rings. The molecule has 0 saturated carbocycles. The maximum absolute atomic E-state index is 11.4. The lowest BCUT2D eigenvalue weighted by Gasteiger charge is -2.12. The van der Waals surface area contributed by atoms with Crippen LogP contribution in [0.5, 0.6) is 5.75 Å². The maximum Gasteiger partial charge on any atom is 0.344 e. The Morgan fingerprint density at radius 3 is 2.68 bits per heavy atom. The van der Waals surface area contributed by atoms with E-state index in [9.17, 15) is 4.79 Å². The zero-order chi connectivity index (χ0) is 17.8. The zero-order valence-corrected chi connectivity index (χ0v) is 14.8. The van der Waals surface area contributed by atoms with Gasteiger partial charge in [-0.3, -0.25) is 0 Å². The van der Waals surface area contributed by atoms with Crippen molar-refractivity contribution in [2.75, 3.05) is 13.2 Å². The Bertz CT molecular complexity index is 924. The molecule has 0 radical (unpaired) electrons. The first-order valence-corrected chi connectivity index (χ1v) is 8.40. The molecule has 0 aliphatic rings. The number of halogens is 1. The van der Waals surface area contributed by atoms with Gasteiger partial charge in [-0.2, -0.15) is 0 Å². The second-order valence-corrected chi connectivity index (χ2v) is 5.94. The molecule has 0 amide bonds. The molecule has 25 heavy (non-hydrogen) atoms. The van der Waals surface area contributed by atoms with E-state index in [-0.39, 0.29) is 6.61 Å². The summed E-state index contributed by atoms with van der Waals surface area (Å²) in [5.74, 6) is 0.145. The topological polar surface area (TPSA) is 48.4 Å². The fraction of sp³-hybridized carbons (Fsp3) is 0.200. The lowest BCUT2D eigenvalue weighted by Crippen LogP contribution is -2.14. The number of carbonyl (C=O) groups excluding carboxylic acids is 1. The second-order valence-electron chi connectivity index (χ2n) is 5.58. The van der Waals surface area contributed by atoms with Gasteiger partial charge in [0.1, 0.15) is 10.9 Å². The molecular weight excluding hydrogens is 338 g/mol. The van der Waals surface area contributed by atoms with Crippen molar-refractivity contribution in [1.29, 1.82) is 0 Å². The predicted molar refractivity (Wildman–Crippen MR) is 99.1 cm³/mol. The zero-order valence-electron chi connectivity index (χ0n) is 14.1. The minimum absolute atomic E-state index is 0.137. The Hall–Kier alpha value is -2.59. The van der Waals surface area contributed by atoms with E-state index in [1.807, 2.05) is 24.3 Å². The van der Waals surface area contributed by atoms with E-state index in [4.69, 9.17) is 21.1 Å². The molecule has 0 bridgehead atoms. The molecule has 0 unspecified atom stereocenters. The molecule has 0 N–H and O–H groups in total. The molecular formula is C20H18ClNO3. The molecule has 3 rings (SSSR count). The molecule has 1 aromatic heterocycles. The van der Waals surface area contributed by atoms with Crippen LogP contribution >= 0.6 is 11.6 Å². The molecule has 0 saturated heterocycles. The van der Waals surface area contributed by atoms with E-state index in [1.165, 1.54) is 0 Å². The van der Waals surface area contributed by atoms with Crippen molar-refractivity contribution in [3.8, 4) is 16.9 Å². The van der Waals surface area contributed by atoms with Crippen LogP contribution in [0.15, 0.2) is 48.7 Å². The highest BCUT2D eigenvalue weighted by atomic mass is 35.5. The molecule has 0 atom stereocenters. The van der Waals surface area contributed by atoms with Gasteiger partial charge in [-0.15, -0.1) is 0 Å². The quantitative estimate of drug-likeness (QED) is 0.487. The number of carbonyl (C=O) groups is 1. The van der Waals surface area contributed by atoms with Gasteiger partial charge in [0.05, 0.1) is 6.61 Å². The summed E-state index contributed by atoms with van der Waals surface area (Å²) in [6.45, 7) is 4.01. The molecule has 128 valence electrons. The van der Waals surface area contributed by atoms with Crippen molar-refractivity contribution in [1.82, 2.24) is 4.98 Å². The fourth-order valence-electron chi connectivity index (χ4n) is 2.71. The molecule has 3 aromatic rings. The summed E-state index contributed by atoms with van der Waals surface area (Å²) in [6, 6.07) is 13.7. The number of hydrogen-bond donors (Lipinski definition) is 0. The van der Waals surface area contributed by atoms with Crippen molar-refractivity contribution < 1.29 is 14.3 Å². The average molecular weight is 356 g/mol.